The first-order valence-corrected chi connectivity index (χ1v) is 5.62. The van der Waals surface area contributed by atoms with Crippen LogP contribution in [0.5, 0.6) is 5.75 Å². The molecule has 0 aliphatic heterocycles. The van der Waals surface area contributed by atoms with Gasteiger partial charge in [0.1, 0.15) is 11.6 Å². The Balaban J connectivity index is 2.24. The lowest BCUT2D eigenvalue weighted by Gasteiger charge is -2.09. The summed E-state index contributed by atoms with van der Waals surface area (Å²) in [7, 11) is 0. The highest BCUT2D eigenvalue weighted by atomic mass is 19.1. The molecular weight excluding hydrogens is 231 g/mol. The number of hydrogen-bond acceptors (Lipinski definition) is 2. The fraction of sp³-hybridized carbons (Fsp3) is 0.133. The Hall–Kier alpha value is -2.16. The summed E-state index contributed by atoms with van der Waals surface area (Å²) >= 11 is 0. The highest BCUT2D eigenvalue weighted by molar-refractivity contribution is 5.91. The van der Waals surface area contributed by atoms with E-state index in [0.717, 1.165) is 17.2 Å². The Bertz CT molecular complexity index is 591. The molecule has 0 atom stereocenters. The number of hydrogen-bond donors (Lipinski definition) is 0. The van der Waals surface area contributed by atoms with Gasteiger partial charge < -0.3 is 4.74 Å². The number of carbonyl (C=O) groups is 1. The number of ether oxygens (including phenoxy) is 1. The average Bonchev–Trinajstić information content (AvgIpc) is 2.35. The zero-order chi connectivity index (χ0) is 13.1. The fourth-order valence-corrected chi connectivity index (χ4v) is 1.61. The molecule has 0 amide bonds. The van der Waals surface area contributed by atoms with Crippen molar-refractivity contribution in [1.29, 1.82) is 0 Å². The van der Waals surface area contributed by atoms with Gasteiger partial charge in [0.2, 0.25) is 0 Å². The van der Waals surface area contributed by atoms with Crippen LogP contribution >= 0.6 is 0 Å². The molecule has 0 unspecified atom stereocenters. The van der Waals surface area contributed by atoms with Crippen molar-refractivity contribution in [3.8, 4) is 5.75 Å². The monoisotopic (exact) mass is 244 g/mol. The summed E-state index contributed by atoms with van der Waals surface area (Å²) in [6.45, 7) is 3.82. The second-order valence-electron chi connectivity index (χ2n) is 4.10. The van der Waals surface area contributed by atoms with E-state index in [4.69, 9.17) is 4.74 Å². The molecule has 2 nitrogen and oxygen atoms in total. The molecule has 0 spiro atoms. The lowest BCUT2D eigenvalue weighted by molar-refractivity contribution is 0.0733. The Morgan fingerprint density at radius 3 is 2.56 bits per heavy atom. The van der Waals surface area contributed by atoms with Crippen molar-refractivity contribution >= 4 is 5.97 Å². The third-order valence-electron chi connectivity index (χ3n) is 2.82. The van der Waals surface area contributed by atoms with Gasteiger partial charge in [0, 0.05) is 0 Å². The number of carbonyl (C=O) groups excluding carboxylic acids is 1. The van der Waals surface area contributed by atoms with Crippen LogP contribution in [0.3, 0.4) is 0 Å². The van der Waals surface area contributed by atoms with E-state index in [-0.39, 0.29) is 5.56 Å². The molecule has 0 heterocycles. The quantitative estimate of drug-likeness (QED) is 0.595. The largest absolute Gasteiger partial charge is 0.423 e. The van der Waals surface area contributed by atoms with Gasteiger partial charge in [-0.3, -0.25) is 0 Å². The summed E-state index contributed by atoms with van der Waals surface area (Å²) in [5, 5.41) is 0. The van der Waals surface area contributed by atoms with E-state index in [1.54, 1.807) is 6.07 Å². The first-order valence-electron chi connectivity index (χ1n) is 5.62. The molecule has 0 aliphatic rings. The maximum atomic E-state index is 13.0. The summed E-state index contributed by atoms with van der Waals surface area (Å²) in [6.07, 6.45) is 0. The SMILES string of the molecule is Cc1cccc(OC(=O)c2cccc(F)c2)c1C. The summed E-state index contributed by atoms with van der Waals surface area (Å²) in [5.74, 6) is -0.502. The minimum Gasteiger partial charge on any atom is -0.423 e. The van der Waals surface area contributed by atoms with Gasteiger partial charge in [-0.15, -0.1) is 0 Å². The maximum Gasteiger partial charge on any atom is 0.343 e. The van der Waals surface area contributed by atoms with Crippen LogP contribution < -0.4 is 4.74 Å². The predicted molar refractivity (Wildman–Crippen MR) is 67.3 cm³/mol. The topological polar surface area (TPSA) is 26.3 Å². The minimum absolute atomic E-state index is 0.205. The minimum atomic E-state index is -0.553. The van der Waals surface area contributed by atoms with Gasteiger partial charge in [0.25, 0.3) is 0 Å². The maximum absolute atomic E-state index is 13.0. The van der Waals surface area contributed by atoms with Gasteiger partial charge in [-0.05, 0) is 49.2 Å². The Kier molecular flexibility index (Phi) is 3.42. The summed E-state index contributed by atoms with van der Waals surface area (Å²) in [4.78, 5) is 11.8. The third-order valence-corrected chi connectivity index (χ3v) is 2.82. The van der Waals surface area contributed by atoms with Crippen LogP contribution in [0.2, 0.25) is 0 Å². The van der Waals surface area contributed by atoms with Crippen LogP contribution in [0.4, 0.5) is 4.39 Å². The van der Waals surface area contributed by atoms with E-state index >= 15 is 0 Å². The van der Waals surface area contributed by atoms with E-state index in [2.05, 4.69) is 0 Å². The second-order valence-corrected chi connectivity index (χ2v) is 4.10. The average molecular weight is 244 g/mol. The lowest BCUT2D eigenvalue weighted by atomic mass is 10.1. The van der Waals surface area contributed by atoms with Crippen LogP contribution in [-0.4, -0.2) is 5.97 Å². The number of aryl methyl sites for hydroxylation is 1. The van der Waals surface area contributed by atoms with Gasteiger partial charge >= 0.3 is 5.97 Å². The molecule has 92 valence electrons. The first kappa shape index (κ1) is 12.3. The smallest absolute Gasteiger partial charge is 0.343 e. The fourth-order valence-electron chi connectivity index (χ4n) is 1.61. The van der Waals surface area contributed by atoms with E-state index in [9.17, 15) is 9.18 Å². The normalized spacial score (nSPS) is 10.2. The standard InChI is InChI=1S/C15H13FO2/c1-10-5-3-8-14(11(10)2)18-15(17)12-6-4-7-13(16)9-12/h3-9H,1-2H3. The van der Waals surface area contributed by atoms with Gasteiger partial charge in [-0.2, -0.15) is 0 Å². The van der Waals surface area contributed by atoms with Crippen molar-refractivity contribution in [1.82, 2.24) is 0 Å². The van der Waals surface area contributed by atoms with Crippen LogP contribution in [-0.2, 0) is 0 Å². The van der Waals surface area contributed by atoms with Gasteiger partial charge in [0.05, 0.1) is 5.56 Å². The Morgan fingerprint density at radius 1 is 1.11 bits per heavy atom. The first-order chi connectivity index (χ1) is 8.58. The molecule has 0 saturated carbocycles. The molecule has 0 aromatic heterocycles. The Labute approximate surface area is 105 Å². The third kappa shape index (κ3) is 2.56. The molecule has 3 heteroatoms. The predicted octanol–water partition coefficient (Wildman–Crippen LogP) is 3.66. The van der Waals surface area contributed by atoms with Crippen molar-refractivity contribution in [3.05, 3.63) is 65.0 Å². The zero-order valence-corrected chi connectivity index (χ0v) is 10.2. The number of esters is 1. The summed E-state index contributed by atoms with van der Waals surface area (Å²) in [6, 6.07) is 10.9. The van der Waals surface area contributed by atoms with Crippen molar-refractivity contribution in [2.45, 2.75) is 13.8 Å². The number of rotatable bonds is 2. The van der Waals surface area contributed by atoms with Crippen molar-refractivity contribution in [2.75, 3.05) is 0 Å². The second kappa shape index (κ2) is 5.00. The molecule has 0 aliphatic carbocycles. The molecule has 2 rings (SSSR count). The summed E-state index contributed by atoms with van der Waals surface area (Å²) in [5.41, 5.74) is 2.15. The van der Waals surface area contributed by atoms with Crippen LogP contribution in [0, 0.1) is 19.7 Å². The number of halogens is 1. The van der Waals surface area contributed by atoms with E-state index < -0.39 is 11.8 Å². The summed E-state index contributed by atoms with van der Waals surface area (Å²) < 4.78 is 18.3. The van der Waals surface area contributed by atoms with Crippen molar-refractivity contribution < 1.29 is 13.9 Å². The number of benzene rings is 2. The molecule has 18 heavy (non-hydrogen) atoms. The van der Waals surface area contributed by atoms with Crippen LogP contribution in [0.1, 0.15) is 21.5 Å². The van der Waals surface area contributed by atoms with Crippen LogP contribution in [0.25, 0.3) is 0 Å². The molecular formula is C15H13FO2. The molecule has 0 fully saturated rings. The molecule has 0 radical (unpaired) electrons. The van der Waals surface area contributed by atoms with Gasteiger partial charge in [0.15, 0.2) is 0 Å². The highest BCUT2D eigenvalue weighted by Gasteiger charge is 2.11. The van der Waals surface area contributed by atoms with E-state index in [1.807, 2.05) is 26.0 Å². The molecule has 2 aromatic rings. The highest BCUT2D eigenvalue weighted by Crippen LogP contribution is 2.21. The molecule has 2 aromatic carbocycles. The molecule has 0 N–H and O–H groups in total. The van der Waals surface area contributed by atoms with Crippen molar-refractivity contribution in [3.63, 3.8) is 0 Å². The van der Waals surface area contributed by atoms with Gasteiger partial charge in [-0.1, -0.05) is 18.2 Å². The zero-order valence-electron chi connectivity index (χ0n) is 10.2. The van der Waals surface area contributed by atoms with Gasteiger partial charge in [-0.25, -0.2) is 9.18 Å². The van der Waals surface area contributed by atoms with Crippen molar-refractivity contribution in [2.24, 2.45) is 0 Å². The van der Waals surface area contributed by atoms with Crippen LogP contribution in [0.15, 0.2) is 42.5 Å². The Morgan fingerprint density at radius 2 is 1.83 bits per heavy atom. The lowest BCUT2D eigenvalue weighted by Crippen LogP contribution is -2.09. The molecule has 0 saturated heterocycles. The van der Waals surface area contributed by atoms with E-state index in [0.29, 0.717) is 5.75 Å². The van der Waals surface area contributed by atoms with E-state index in [1.165, 1.54) is 18.2 Å². The molecule has 0 bridgehead atoms.